The summed E-state index contributed by atoms with van der Waals surface area (Å²) in [6, 6.07) is 13.1. The molecule has 0 spiro atoms. The first-order chi connectivity index (χ1) is 14.0. The molecule has 0 bridgehead atoms. The number of nitrogens with one attached hydrogen (secondary N) is 2. The summed E-state index contributed by atoms with van der Waals surface area (Å²) in [5, 5.41) is 5.99. The van der Waals surface area contributed by atoms with Gasteiger partial charge in [0, 0.05) is 10.7 Å². The number of urea groups is 1. The summed E-state index contributed by atoms with van der Waals surface area (Å²) in [5.74, 6) is -0.911. The minimum Gasteiger partial charge on any atom is -0.456 e. The highest BCUT2D eigenvalue weighted by Crippen LogP contribution is 2.37. The van der Waals surface area contributed by atoms with Gasteiger partial charge in [-0.25, -0.2) is 9.59 Å². The van der Waals surface area contributed by atoms with E-state index < -0.39 is 18.0 Å². The standard InChI is InChI=1S/C21H18ClN3O4/c1-12-6-2-5-9-15(12)23-17(26)10-25-16-11-29-20(27)18(16)19(24-21(25)28)13-7-3-4-8-14(13)22/h2-9,19H,10-11H2,1H3,(H,23,26)(H,24,28)/t19-/m0/s1. The maximum atomic E-state index is 12.8. The van der Waals surface area contributed by atoms with Gasteiger partial charge in [0.25, 0.3) is 0 Å². The summed E-state index contributed by atoms with van der Waals surface area (Å²) in [6.07, 6.45) is 0. The zero-order valence-corrected chi connectivity index (χ0v) is 16.3. The summed E-state index contributed by atoms with van der Waals surface area (Å²) in [7, 11) is 0. The van der Waals surface area contributed by atoms with Crippen LogP contribution in [0.2, 0.25) is 5.02 Å². The predicted octanol–water partition coefficient (Wildman–Crippen LogP) is 3.16. The van der Waals surface area contributed by atoms with E-state index in [4.69, 9.17) is 16.3 Å². The van der Waals surface area contributed by atoms with E-state index in [1.807, 2.05) is 25.1 Å². The van der Waals surface area contributed by atoms with Gasteiger partial charge >= 0.3 is 12.0 Å². The number of rotatable bonds is 4. The molecule has 0 saturated carbocycles. The first-order valence-electron chi connectivity index (χ1n) is 9.04. The lowest BCUT2D eigenvalue weighted by atomic mass is 9.95. The van der Waals surface area contributed by atoms with Crippen LogP contribution in [0.15, 0.2) is 59.8 Å². The molecule has 2 heterocycles. The zero-order chi connectivity index (χ0) is 20.5. The number of carbonyl (C=O) groups excluding carboxylic acids is 3. The number of carbonyl (C=O) groups is 3. The Kier molecular flexibility index (Phi) is 4.98. The highest BCUT2D eigenvalue weighted by Gasteiger charge is 2.43. The number of halogens is 1. The Hall–Kier alpha value is -3.32. The van der Waals surface area contributed by atoms with Crippen molar-refractivity contribution in [2.24, 2.45) is 0 Å². The van der Waals surface area contributed by atoms with Crippen molar-refractivity contribution in [3.8, 4) is 0 Å². The molecule has 2 N–H and O–H groups in total. The second-order valence-corrected chi connectivity index (χ2v) is 7.20. The van der Waals surface area contributed by atoms with E-state index in [0.717, 1.165) is 5.56 Å². The van der Waals surface area contributed by atoms with Crippen molar-refractivity contribution in [2.45, 2.75) is 13.0 Å². The normalized spacial score (nSPS) is 18.3. The fourth-order valence-electron chi connectivity index (χ4n) is 3.47. The maximum absolute atomic E-state index is 12.8. The molecule has 0 fully saturated rings. The summed E-state index contributed by atoms with van der Waals surface area (Å²) in [5.41, 5.74) is 2.83. The zero-order valence-electron chi connectivity index (χ0n) is 15.6. The number of benzene rings is 2. The van der Waals surface area contributed by atoms with E-state index in [-0.39, 0.29) is 19.1 Å². The largest absolute Gasteiger partial charge is 0.456 e. The topological polar surface area (TPSA) is 87.7 Å². The average Bonchev–Trinajstić information content (AvgIpc) is 3.08. The highest BCUT2D eigenvalue weighted by molar-refractivity contribution is 6.31. The van der Waals surface area contributed by atoms with Gasteiger partial charge in [-0.3, -0.25) is 9.69 Å². The van der Waals surface area contributed by atoms with Gasteiger partial charge in [0.05, 0.1) is 17.3 Å². The smallest absolute Gasteiger partial charge is 0.338 e. The van der Waals surface area contributed by atoms with Crippen LogP contribution in [0, 0.1) is 6.92 Å². The van der Waals surface area contributed by atoms with Crippen LogP contribution in [-0.4, -0.2) is 36.0 Å². The first-order valence-corrected chi connectivity index (χ1v) is 9.41. The number of anilines is 1. The molecule has 2 aromatic carbocycles. The van der Waals surface area contributed by atoms with Gasteiger partial charge in [0.2, 0.25) is 5.91 Å². The van der Waals surface area contributed by atoms with Crippen molar-refractivity contribution in [1.29, 1.82) is 0 Å². The Balaban J connectivity index is 1.62. The Morgan fingerprint density at radius 3 is 2.69 bits per heavy atom. The summed E-state index contributed by atoms with van der Waals surface area (Å²) in [4.78, 5) is 38.9. The maximum Gasteiger partial charge on any atom is 0.338 e. The molecule has 7 nitrogen and oxygen atoms in total. The third kappa shape index (κ3) is 3.56. The fourth-order valence-corrected chi connectivity index (χ4v) is 3.71. The van der Waals surface area contributed by atoms with Gasteiger partial charge in [-0.2, -0.15) is 0 Å². The molecular formula is C21H18ClN3O4. The lowest BCUT2D eigenvalue weighted by Crippen LogP contribution is -2.49. The minimum atomic E-state index is -0.725. The Morgan fingerprint density at radius 2 is 1.93 bits per heavy atom. The third-order valence-electron chi connectivity index (χ3n) is 4.94. The number of hydrogen-bond donors (Lipinski definition) is 2. The van der Waals surface area contributed by atoms with Gasteiger partial charge in [0.1, 0.15) is 13.2 Å². The van der Waals surface area contributed by atoms with Crippen LogP contribution in [-0.2, 0) is 14.3 Å². The molecule has 0 unspecified atom stereocenters. The SMILES string of the molecule is Cc1ccccc1NC(=O)CN1C(=O)N[C@@H](c2ccccc2Cl)C2=C1COC2=O. The number of hydrogen-bond acceptors (Lipinski definition) is 4. The molecule has 4 rings (SSSR count). The molecule has 29 heavy (non-hydrogen) atoms. The van der Waals surface area contributed by atoms with Crippen LogP contribution in [0.5, 0.6) is 0 Å². The molecule has 2 aromatic rings. The first kappa shape index (κ1) is 19.0. The van der Waals surface area contributed by atoms with E-state index >= 15 is 0 Å². The summed E-state index contributed by atoms with van der Waals surface area (Å²) in [6.45, 7) is 1.56. The third-order valence-corrected chi connectivity index (χ3v) is 5.28. The predicted molar refractivity (Wildman–Crippen MR) is 107 cm³/mol. The molecule has 0 aromatic heterocycles. The summed E-state index contributed by atoms with van der Waals surface area (Å²) < 4.78 is 5.17. The number of amides is 3. The summed E-state index contributed by atoms with van der Waals surface area (Å²) >= 11 is 6.27. The van der Waals surface area contributed by atoms with E-state index in [9.17, 15) is 14.4 Å². The molecule has 148 valence electrons. The Labute approximate surface area is 172 Å². The van der Waals surface area contributed by atoms with Crippen molar-refractivity contribution in [3.63, 3.8) is 0 Å². The fraction of sp³-hybridized carbons (Fsp3) is 0.190. The number of ether oxygens (including phenoxy) is 1. The second kappa shape index (κ2) is 7.60. The molecule has 0 saturated heterocycles. The molecule has 2 aliphatic rings. The molecule has 2 aliphatic heterocycles. The molecule has 0 radical (unpaired) electrons. The molecule has 0 aliphatic carbocycles. The van der Waals surface area contributed by atoms with Crippen LogP contribution in [0.3, 0.4) is 0 Å². The number of cyclic esters (lactones) is 1. The van der Waals surface area contributed by atoms with Crippen LogP contribution in [0.25, 0.3) is 0 Å². The van der Waals surface area contributed by atoms with Crippen molar-refractivity contribution in [1.82, 2.24) is 10.2 Å². The van der Waals surface area contributed by atoms with Gasteiger partial charge in [-0.05, 0) is 30.2 Å². The second-order valence-electron chi connectivity index (χ2n) is 6.79. The number of nitrogens with zero attached hydrogens (tertiary/aromatic N) is 1. The average molecular weight is 412 g/mol. The Morgan fingerprint density at radius 1 is 1.21 bits per heavy atom. The number of para-hydroxylation sites is 1. The van der Waals surface area contributed by atoms with Crippen molar-refractivity contribution < 1.29 is 19.1 Å². The van der Waals surface area contributed by atoms with Crippen molar-refractivity contribution in [2.75, 3.05) is 18.5 Å². The Bertz CT molecular complexity index is 1050. The molecule has 3 amide bonds. The van der Waals surface area contributed by atoms with Crippen LogP contribution in [0.4, 0.5) is 10.5 Å². The molecule has 1 atom stereocenters. The van der Waals surface area contributed by atoms with Crippen molar-refractivity contribution in [3.05, 3.63) is 76.0 Å². The van der Waals surface area contributed by atoms with Crippen LogP contribution >= 0.6 is 11.6 Å². The van der Waals surface area contributed by atoms with Crippen molar-refractivity contribution >= 4 is 35.2 Å². The van der Waals surface area contributed by atoms with E-state index in [1.165, 1.54) is 4.90 Å². The number of esters is 1. The highest BCUT2D eigenvalue weighted by atomic mass is 35.5. The van der Waals surface area contributed by atoms with E-state index in [0.29, 0.717) is 27.5 Å². The minimum absolute atomic E-state index is 0.0693. The van der Waals surface area contributed by atoms with Gasteiger partial charge in [0.15, 0.2) is 0 Å². The monoisotopic (exact) mass is 411 g/mol. The van der Waals surface area contributed by atoms with Gasteiger partial charge < -0.3 is 15.4 Å². The van der Waals surface area contributed by atoms with E-state index in [2.05, 4.69) is 10.6 Å². The van der Waals surface area contributed by atoms with Crippen LogP contribution < -0.4 is 10.6 Å². The van der Waals surface area contributed by atoms with Gasteiger partial charge in [-0.15, -0.1) is 0 Å². The van der Waals surface area contributed by atoms with Gasteiger partial charge in [-0.1, -0.05) is 48.0 Å². The number of aryl methyl sites for hydroxylation is 1. The van der Waals surface area contributed by atoms with Crippen LogP contribution in [0.1, 0.15) is 17.2 Å². The lowest BCUT2D eigenvalue weighted by Gasteiger charge is -2.32. The molecule has 8 heteroatoms. The van der Waals surface area contributed by atoms with E-state index in [1.54, 1.807) is 30.3 Å². The molecular weight excluding hydrogens is 394 g/mol. The quantitative estimate of drug-likeness (QED) is 0.756. The lowest BCUT2D eigenvalue weighted by molar-refractivity contribution is -0.136.